The fourth-order valence-corrected chi connectivity index (χ4v) is 3.22. The maximum absolute atomic E-state index is 6.18. The molecule has 1 aliphatic rings. The summed E-state index contributed by atoms with van der Waals surface area (Å²) in [6, 6.07) is 5.23. The molecule has 0 bridgehead atoms. The summed E-state index contributed by atoms with van der Waals surface area (Å²) >= 11 is 36.6. The first-order valence-electron chi connectivity index (χ1n) is 4.91. The first-order chi connectivity index (χ1) is 8.32. The van der Waals surface area contributed by atoms with E-state index in [1.165, 1.54) is 0 Å². The van der Waals surface area contributed by atoms with E-state index in [4.69, 9.17) is 69.6 Å². The van der Waals surface area contributed by atoms with Crippen molar-refractivity contribution in [2.75, 3.05) is 0 Å². The van der Waals surface area contributed by atoms with Gasteiger partial charge in [-0.15, -0.1) is 0 Å². The Morgan fingerprint density at radius 3 is 2.33 bits per heavy atom. The highest BCUT2D eigenvalue weighted by atomic mass is 35.5. The van der Waals surface area contributed by atoms with Gasteiger partial charge in [0.15, 0.2) is 0 Å². The van der Waals surface area contributed by atoms with E-state index in [-0.39, 0.29) is 6.42 Å². The molecule has 1 aromatic rings. The molecule has 1 aromatic carbocycles. The van der Waals surface area contributed by atoms with Gasteiger partial charge in [0, 0.05) is 22.6 Å². The predicted octanol–water partition coefficient (Wildman–Crippen LogP) is 6.64. The van der Waals surface area contributed by atoms with E-state index in [1.807, 2.05) is 0 Å². The van der Waals surface area contributed by atoms with Crippen molar-refractivity contribution in [3.05, 3.63) is 49.9 Å². The van der Waals surface area contributed by atoms with Gasteiger partial charge in [-0.3, -0.25) is 0 Å². The molecule has 1 aliphatic carbocycles. The Kier molecular flexibility index (Phi) is 4.48. The topological polar surface area (TPSA) is 0 Å². The number of hydrogen-bond acceptors (Lipinski definition) is 0. The Morgan fingerprint density at radius 1 is 1.00 bits per heavy atom. The van der Waals surface area contributed by atoms with Gasteiger partial charge in [0.25, 0.3) is 0 Å². The van der Waals surface area contributed by atoms with Crippen molar-refractivity contribution in [2.24, 2.45) is 0 Å². The standard InChI is InChI=1S/C12H6Cl6/c13-8-3-1-2-6(10(8)15)7-4-12(17,18)5-9(14)11(7)16/h1-4H,5H2. The largest absolute Gasteiger partial charge is 0.142 e. The van der Waals surface area contributed by atoms with Crippen molar-refractivity contribution in [1.82, 2.24) is 0 Å². The average molecular weight is 363 g/mol. The summed E-state index contributed by atoms with van der Waals surface area (Å²) < 4.78 is -1.10. The molecule has 2 rings (SSSR count). The molecule has 0 fully saturated rings. The zero-order valence-corrected chi connectivity index (χ0v) is 13.3. The minimum atomic E-state index is -1.10. The van der Waals surface area contributed by atoms with Crippen LogP contribution in [0.3, 0.4) is 0 Å². The van der Waals surface area contributed by atoms with Crippen molar-refractivity contribution in [3.63, 3.8) is 0 Å². The summed E-state index contributed by atoms with van der Waals surface area (Å²) in [6.07, 6.45) is 1.89. The molecule has 6 heteroatoms. The van der Waals surface area contributed by atoms with E-state index in [1.54, 1.807) is 24.3 Å². The molecule has 18 heavy (non-hydrogen) atoms. The zero-order valence-electron chi connectivity index (χ0n) is 8.78. The van der Waals surface area contributed by atoms with Crippen molar-refractivity contribution in [1.29, 1.82) is 0 Å². The van der Waals surface area contributed by atoms with Gasteiger partial charge in [-0.1, -0.05) is 81.7 Å². The smallest absolute Gasteiger partial charge is 0.0965 e. The molecule has 0 N–H and O–H groups in total. The van der Waals surface area contributed by atoms with Gasteiger partial charge >= 0.3 is 0 Å². The second kappa shape index (κ2) is 5.44. The number of alkyl halides is 2. The minimum absolute atomic E-state index is 0.262. The lowest BCUT2D eigenvalue weighted by atomic mass is 9.98. The molecular formula is C12H6Cl6. The van der Waals surface area contributed by atoms with Crippen molar-refractivity contribution in [3.8, 4) is 0 Å². The summed E-state index contributed by atoms with van der Waals surface area (Å²) in [5, 5.41) is 1.60. The Morgan fingerprint density at radius 2 is 1.67 bits per heavy atom. The molecule has 0 aliphatic heterocycles. The van der Waals surface area contributed by atoms with E-state index in [0.29, 0.717) is 31.2 Å². The van der Waals surface area contributed by atoms with Gasteiger partial charge in [0.05, 0.1) is 15.1 Å². The lowest BCUT2D eigenvalue weighted by molar-refractivity contribution is 0.946. The molecule has 0 amide bonds. The highest BCUT2D eigenvalue weighted by Crippen LogP contribution is 2.47. The first kappa shape index (κ1) is 14.8. The monoisotopic (exact) mass is 360 g/mol. The summed E-state index contributed by atoms with van der Waals surface area (Å²) in [6.45, 7) is 0. The SMILES string of the molecule is ClC1=C(Cl)C(c2cccc(Cl)c2Cl)=CC(Cl)(Cl)C1. The molecule has 0 spiro atoms. The third-order valence-electron chi connectivity index (χ3n) is 2.46. The maximum Gasteiger partial charge on any atom is 0.142 e. The zero-order chi connectivity index (χ0) is 13.5. The van der Waals surface area contributed by atoms with E-state index in [0.717, 1.165) is 0 Å². The highest BCUT2D eigenvalue weighted by molar-refractivity contribution is 6.54. The number of halogens is 6. The van der Waals surface area contributed by atoms with Crippen LogP contribution in [0, 0.1) is 0 Å². The van der Waals surface area contributed by atoms with Gasteiger partial charge in [0.1, 0.15) is 4.33 Å². The number of rotatable bonds is 1. The molecular weight excluding hydrogens is 357 g/mol. The third-order valence-corrected chi connectivity index (χ3v) is 4.62. The van der Waals surface area contributed by atoms with E-state index in [9.17, 15) is 0 Å². The van der Waals surface area contributed by atoms with Gasteiger partial charge in [-0.05, 0) is 12.1 Å². The number of hydrogen-bond donors (Lipinski definition) is 0. The lowest BCUT2D eigenvalue weighted by Gasteiger charge is -2.24. The fraction of sp³-hybridized carbons (Fsp3) is 0.167. The molecule has 0 unspecified atom stereocenters. The van der Waals surface area contributed by atoms with Crippen LogP contribution in [-0.4, -0.2) is 4.33 Å². The maximum atomic E-state index is 6.18. The molecule has 0 saturated heterocycles. The van der Waals surface area contributed by atoms with Crippen molar-refractivity contribution >= 4 is 75.2 Å². The van der Waals surface area contributed by atoms with Gasteiger partial charge in [-0.25, -0.2) is 0 Å². The molecule has 0 saturated carbocycles. The van der Waals surface area contributed by atoms with Crippen LogP contribution < -0.4 is 0 Å². The number of benzene rings is 1. The molecule has 0 atom stereocenters. The molecule has 96 valence electrons. The Labute approximate surface area is 135 Å². The molecule has 0 aromatic heterocycles. The highest BCUT2D eigenvalue weighted by Gasteiger charge is 2.31. The number of allylic oxidation sites excluding steroid dienone is 4. The van der Waals surface area contributed by atoms with Crippen LogP contribution >= 0.6 is 69.6 Å². The normalized spacial score (nSPS) is 18.9. The van der Waals surface area contributed by atoms with E-state index >= 15 is 0 Å². The quantitative estimate of drug-likeness (QED) is 0.491. The first-order valence-corrected chi connectivity index (χ1v) is 7.18. The molecule has 0 heterocycles. The summed E-state index contributed by atoms with van der Waals surface area (Å²) in [5.41, 5.74) is 1.24. The van der Waals surface area contributed by atoms with Crippen LogP contribution in [-0.2, 0) is 0 Å². The van der Waals surface area contributed by atoms with Crippen LogP contribution in [0.5, 0.6) is 0 Å². The lowest BCUT2D eigenvalue weighted by Crippen LogP contribution is -2.14. The second-order valence-electron chi connectivity index (χ2n) is 3.82. The van der Waals surface area contributed by atoms with Crippen molar-refractivity contribution in [2.45, 2.75) is 10.8 Å². The van der Waals surface area contributed by atoms with Crippen molar-refractivity contribution < 1.29 is 0 Å². The minimum Gasteiger partial charge on any atom is -0.0965 e. The third kappa shape index (κ3) is 2.95. The van der Waals surface area contributed by atoms with Gasteiger partial charge in [0.2, 0.25) is 0 Å². The molecule has 0 radical (unpaired) electrons. The Bertz CT molecular complexity index is 556. The van der Waals surface area contributed by atoms with Crippen LogP contribution in [0.25, 0.3) is 5.57 Å². The van der Waals surface area contributed by atoms with Crippen LogP contribution in [0.1, 0.15) is 12.0 Å². The molecule has 0 nitrogen and oxygen atoms in total. The summed E-state index contributed by atoms with van der Waals surface area (Å²) in [5.74, 6) is 0. The average Bonchev–Trinajstić information content (AvgIpc) is 2.27. The van der Waals surface area contributed by atoms with Crippen LogP contribution in [0.2, 0.25) is 10.0 Å². The summed E-state index contributed by atoms with van der Waals surface area (Å²) in [7, 11) is 0. The van der Waals surface area contributed by atoms with Crippen LogP contribution in [0.15, 0.2) is 34.3 Å². The van der Waals surface area contributed by atoms with Gasteiger partial charge in [-0.2, -0.15) is 0 Å². The summed E-state index contributed by atoms with van der Waals surface area (Å²) in [4.78, 5) is 0. The van der Waals surface area contributed by atoms with Gasteiger partial charge < -0.3 is 0 Å². The van der Waals surface area contributed by atoms with Crippen LogP contribution in [0.4, 0.5) is 0 Å². The Hall–Kier alpha value is 0.440. The Balaban J connectivity index is 2.62. The predicted molar refractivity (Wildman–Crippen MR) is 82.2 cm³/mol. The second-order valence-corrected chi connectivity index (χ2v) is 6.98. The van der Waals surface area contributed by atoms with E-state index in [2.05, 4.69) is 0 Å². The fourth-order valence-electron chi connectivity index (χ4n) is 1.66. The van der Waals surface area contributed by atoms with E-state index < -0.39 is 4.33 Å².